The van der Waals surface area contributed by atoms with E-state index < -0.39 is 5.60 Å². The Kier molecular flexibility index (Phi) is 5.06. The Balaban J connectivity index is 1.63. The summed E-state index contributed by atoms with van der Waals surface area (Å²) in [6.45, 7) is 5.96. The number of carbonyl (C=O) groups is 1. The molecule has 1 unspecified atom stereocenters. The van der Waals surface area contributed by atoms with Crippen LogP contribution in [0.1, 0.15) is 47.7 Å². The van der Waals surface area contributed by atoms with Crippen molar-refractivity contribution < 1.29 is 9.90 Å². The quantitative estimate of drug-likeness (QED) is 0.831. The molecule has 4 rings (SSSR count). The largest absolute Gasteiger partial charge is 0.390 e. The Morgan fingerprint density at radius 3 is 2.71 bits per heavy atom. The third-order valence-corrected chi connectivity index (χ3v) is 5.87. The second-order valence-electron chi connectivity index (χ2n) is 8.37. The van der Waals surface area contributed by atoms with Crippen LogP contribution in [0.15, 0.2) is 30.3 Å². The number of carbonyl (C=O) groups excluding carboxylic acids is 1. The van der Waals surface area contributed by atoms with Crippen molar-refractivity contribution in [3.8, 4) is 0 Å². The number of aryl methyl sites for hydroxylation is 2. The number of anilines is 1. The molecule has 1 aromatic carbocycles. The fourth-order valence-electron chi connectivity index (χ4n) is 4.12. The fourth-order valence-corrected chi connectivity index (χ4v) is 4.12. The van der Waals surface area contributed by atoms with Crippen molar-refractivity contribution >= 4 is 11.7 Å². The molecule has 0 radical (unpaired) electrons. The summed E-state index contributed by atoms with van der Waals surface area (Å²) in [6, 6.07) is 10.3. The highest BCUT2D eigenvalue weighted by atomic mass is 16.3. The van der Waals surface area contributed by atoms with E-state index in [1.54, 1.807) is 0 Å². The lowest BCUT2D eigenvalue weighted by Crippen LogP contribution is -2.37. The van der Waals surface area contributed by atoms with E-state index in [4.69, 9.17) is 4.98 Å². The number of hydrogen-bond acceptors (Lipinski definition) is 5. The molecule has 0 saturated carbocycles. The lowest BCUT2D eigenvalue weighted by atomic mass is 9.90. The zero-order valence-corrected chi connectivity index (χ0v) is 16.6. The predicted octanol–water partition coefficient (Wildman–Crippen LogP) is 2.14. The van der Waals surface area contributed by atoms with E-state index in [-0.39, 0.29) is 11.8 Å². The normalized spacial score (nSPS) is 19.5. The minimum atomic E-state index is -0.713. The maximum Gasteiger partial charge on any atom is 0.270 e. The van der Waals surface area contributed by atoms with Crippen molar-refractivity contribution in [1.29, 1.82) is 0 Å². The first-order chi connectivity index (χ1) is 13.4. The van der Waals surface area contributed by atoms with E-state index in [9.17, 15) is 9.90 Å². The van der Waals surface area contributed by atoms with Gasteiger partial charge in [0.1, 0.15) is 17.3 Å². The van der Waals surface area contributed by atoms with Crippen molar-refractivity contribution in [2.75, 3.05) is 24.5 Å². The van der Waals surface area contributed by atoms with Crippen molar-refractivity contribution in [2.45, 2.75) is 45.1 Å². The molecule has 6 nitrogen and oxygen atoms in total. The number of rotatable bonds is 5. The standard InChI is InChI=1S/C22H28N4O2/c1-22(2,28)16-11-13-26(14-16)20-17-10-12-23-21(27)19(17)24-18(25-20)9-8-15-6-4-3-5-7-15/h3-7,16,28H,8-14H2,1-2H3,(H,23,27). The minimum Gasteiger partial charge on any atom is -0.390 e. The Labute approximate surface area is 166 Å². The Bertz CT molecular complexity index is 861. The van der Waals surface area contributed by atoms with Gasteiger partial charge in [-0.1, -0.05) is 30.3 Å². The molecule has 0 aliphatic carbocycles. The highest BCUT2D eigenvalue weighted by molar-refractivity contribution is 5.96. The van der Waals surface area contributed by atoms with Crippen molar-refractivity contribution in [2.24, 2.45) is 5.92 Å². The topological polar surface area (TPSA) is 78.3 Å². The fraction of sp³-hybridized carbons (Fsp3) is 0.500. The summed E-state index contributed by atoms with van der Waals surface area (Å²) < 4.78 is 0. The molecule has 2 aromatic rings. The predicted molar refractivity (Wildman–Crippen MR) is 109 cm³/mol. The molecular weight excluding hydrogens is 352 g/mol. The van der Waals surface area contributed by atoms with Gasteiger partial charge in [0.15, 0.2) is 0 Å². The van der Waals surface area contributed by atoms with E-state index in [2.05, 4.69) is 27.3 Å². The number of aromatic nitrogens is 2. The van der Waals surface area contributed by atoms with E-state index in [0.29, 0.717) is 24.5 Å². The van der Waals surface area contributed by atoms with E-state index in [1.165, 1.54) is 5.56 Å². The van der Waals surface area contributed by atoms with Gasteiger partial charge in [-0.2, -0.15) is 0 Å². The maximum atomic E-state index is 12.4. The number of nitrogens with zero attached hydrogens (tertiary/aromatic N) is 3. The van der Waals surface area contributed by atoms with Crippen LogP contribution in [-0.2, 0) is 19.3 Å². The van der Waals surface area contributed by atoms with Gasteiger partial charge < -0.3 is 15.3 Å². The zero-order valence-electron chi connectivity index (χ0n) is 16.6. The summed E-state index contributed by atoms with van der Waals surface area (Å²) in [5.41, 5.74) is 1.99. The monoisotopic (exact) mass is 380 g/mol. The van der Waals surface area contributed by atoms with Crippen molar-refractivity contribution in [3.05, 3.63) is 53.0 Å². The molecule has 28 heavy (non-hydrogen) atoms. The van der Waals surface area contributed by atoms with E-state index in [1.807, 2.05) is 32.0 Å². The second kappa shape index (κ2) is 7.51. The van der Waals surface area contributed by atoms with Gasteiger partial charge in [-0.25, -0.2) is 9.97 Å². The van der Waals surface area contributed by atoms with Crippen LogP contribution in [0.3, 0.4) is 0 Å². The molecule has 1 fully saturated rings. The Morgan fingerprint density at radius 2 is 2.00 bits per heavy atom. The summed E-state index contributed by atoms with van der Waals surface area (Å²) in [7, 11) is 0. The molecule has 0 spiro atoms. The summed E-state index contributed by atoms with van der Waals surface area (Å²) in [6.07, 6.45) is 3.21. The molecule has 2 aliphatic heterocycles. The SMILES string of the molecule is CC(C)(O)C1CCN(c2nc(CCc3ccccc3)nc3c2CCNC3=O)C1. The first-order valence-electron chi connectivity index (χ1n) is 10.1. The molecule has 1 saturated heterocycles. The van der Waals surface area contributed by atoms with Crippen LogP contribution >= 0.6 is 0 Å². The molecule has 2 N–H and O–H groups in total. The van der Waals surface area contributed by atoms with Gasteiger partial charge >= 0.3 is 0 Å². The Morgan fingerprint density at radius 1 is 1.21 bits per heavy atom. The number of aliphatic hydroxyl groups is 1. The first-order valence-corrected chi connectivity index (χ1v) is 10.1. The number of hydrogen-bond donors (Lipinski definition) is 2. The highest BCUT2D eigenvalue weighted by Crippen LogP contribution is 2.33. The maximum absolute atomic E-state index is 12.4. The lowest BCUT2D eigenvalue weighted by molar-refractivity contribution is 0.0263. The number of benzene rings is 1. The summed E-state index contributed by atoms with van der Waals surface area (Å²) in [4.78, 5) is 24.2. The molecular formula is C22H28N4O2. The smallest absolute Gasteiger partial charge is 0.270 e. The van der Waals surface area contributed by atoms with Gasteiger partial charge in [-0.3, -0.25) is 4.79 Å². The lowest BCUT2D eigenvalue weighted by Gasteiger charge is -2.28. The van der Waals surface area contributed by atoms with Crippen LogP contribution in [0.5, 0.6) is 0 Å². The third-order valence-electron chi connectivity index (χ3n) is 5.87. The summed E-state index contributed by atoms with van der Waals surface area (Å²) in [5, 5.41) is 13.3. The van der Waals surface area contributed by atoms with Crippen LogP contribution in [0.4, 0.5) is 5.82 Å². The number of amides is 1. The van der Waals surface area contributed by atoms with Gasteiger partial charge in [0.25, 0.3) is 5.91 Å². The van der Waals surface area contributed by atoms with Gasteiger partial charge in [0.2, 0.25) is 0 Å². The summed E-state index contributed by atoms with van der Waals surface area (Å²) in [5.74, 6) is 1.68. The second-order valence-corrected chi connectivity index (χ2v) is 8.37. The van der Waals surface area contributed by atoms with Crippen molar-refractivity contribution in [3.63, 3.8) is 0 Å². The average molecular weight is 380 g/mol. The van der Waals surface area contributed by atoms with Gasteiger partial charge in [-0.05, 0) is 38.7 Å². The van der Waals surface area contributed by atoms with Crippen LogP contribution in [-0.4, -0.2) is 46.2 Å². The number of nitrogens with one attached hydrogen (secondary N) is 1. The van der Waals surface area contributed by atoms with Crippen LogP contribution in [0, 0.1) is 5.92 Å². The van der Waals surface area contributed by atoms with Gasteiger partial charge in [-0.15, -0.1) is 0 Å². The minimum absolute atomic E-state index is 0.107. The molecule has 2 aliphatic rings. The van der Waals surface area contributed by atoms with Crippen LogP contribution in [0.2, 0.25) is 0 Å². The molecule has 1 atom stereocenters. The summed E-state index contributed by atoms with van der Waals surface area (Å²) >= 11 is 0. The zero-order chi connectivity index (χ0) is 19.7. The van der Waals surface area contributed by atoms with Crippen LogP contribution < -0.4 is 10.2 Å². The molecule has 6 heteroatoms. The first kappa shape index (κ1) is 18.9. The van der Waals surface area contributed by atoms with Gasteiger partial charge in [0.05, 0.1) is 5.60 Å². The van der Waals surface area contributed by atoms with E-state index >= 15 is 0 Å². The average Bonchev–Trinajstić information content (AvgIpc) is 3.18. The Hall–Kier alpha value is -2.47. The van der Waals surface area contributed by atoms with Crippen molar-refractivity contribution in [1.82, 2.24) is 15.3 Å². The third kappa shape index (κ3) is 3.87. The molecule has 148 valence electrons. The van der Waals surface area contributed by atoms with Crippen LogP contribution in [0.25, 0.3) is 0 Å². The number of fused-ring (bicyclic) bond motifs is 1. The molecule has 0 bridgehead atoms. The molecule has 3 heterocycles. The van der Waals surface area contributed by atoms with E-state index in [0.717, 1.165) is 43.7 Å². The molecule has 1 amide bonds. The molecule has 1 aromatic heterocycles. The van der Waals surface area contributed by atoms with Gasteiger partial charge in [0, 0.05) is 37.5 Å². The highest BCUT2D eigenvalue weighted by Gasteiger charge is 2.36.